The molecule has 1 aliphatic rings. The molecule has 1 N–H and O–H groups in total. The molecule has 19 heavy (non-hydrogen) atoms. The van der Waals surface area contributed by atoms with Crippen LogP contribution < -0.4 is 4.74 Å². The topological polar surface area (TPSA) is 93.0 Å². The van der Waals surface area contributed by atoms with Crippen molar-refractivity contribution in [3.05, 3.63) is 41.2 Å². The van der Waals surface area contributed by atoms with Gasteiger partial charge in [0.1, 0.15) is 6.61 Å². The third-order valence-corrected chi connectivity index (χ3v) is 3.65. The van der Waals surface area contributed by atoms with Crippen LogP contribution in [0, 0.1) is 5.82 Å². The molecule has 100 valence electrons. The number of aliphatic imine (C=N–C) groups is 1. The van der Waals surface area contributed by atoms with E-state index in [0.29, 0.717) is 5.41 Å². The first-order chi connectivity index (χ1) is 8.90. The highest BCUT2D eigenvalue weighted by Crippen LogP contribution is 2.19. The van der Waals surface area contributed by atoms with E-state index < -0.39 is 39.0 Å². The molecule has 1 heterocycles. The molecule has 0 spiro atoms. The number of rotatable bonds is 4. The minimum atomic E-state index is -3.90. The number of hydrogen-bond donors (Lipinski definition) is 1. The van der Waals surface area contributed by atoms with E-state index in [9.17, 15) is 17.6 Å². The van der Waals surface area contributed by atoms with Crippen molar-refractivity contribution in [2.24, 2.45) is 4.99 Å². The average molecular weight is 285 g/mol. The minimum Gasteiger partial charge on any atom is -0.483 e. The molecule has 0 radical (unpaired) electrons. The first kappa shape index (κ1) is 13.2. The lowest BCUT2D eigenvalue weighted by atomic mass is 10.3. The maximum absolute atomic E-state index is 13.2. The van der Waals surface area contributed by atoms with Crippen molar-refractivity contribution >= 4 is 20.9 Å². The number of carboxylic acids is 1. The molecule has 0 fully saturated rings. The lowest BCUT2D eigenvalue weighted by Gasteiger charge is -2.06. The predicted molar refractivity (Wildman–Crippen MR) is 64.0 cm³/mol. The van der Waals surface area contributed by atoms with E-state index in [2.05, 4.69) is 4.99 Å². The Morgan fingerprint density at radius 3 is 2.63 bits per heavy atom. The van der Waals surface area contributed by atoms with Gasteiger partial charge >= 0.3 is 5.97 Å². The van der Waals surface area contributed by atoms with E-state index in [4.69, 9.17) is 9.84 Å². The summed E-state index contributed by atoms with van der Waals surface area (Å²) in [7, 11) is -3.90. The van der Waals surface area contributed by atoms with Gasteiger partial charge in [0.05, 0.1) is 5.41 Å². The second-order valence-corrected chi connectivity index (χ2v) is 5.37. The fourth-order valence-electron chi connectivity index (χ4n) is 1.35. The average Bonchev–Trinajstić information content (AvgIpc) is 2.64. The van der Waals surface area contributed by atoms with Gasteiger partial charge in [-0.3, -0.25) is 0 Å². The minimum absolute atomic E-state index is 0.135. The summed E-state index contributed by atoms with van der Waals surface area (Å²) in [4.78, 5) is 14.1. The second-order valence-electron chi connectivity index (χ2n) is 3.58. The number of nitrogens with zero attached hydrogens (tertiary/aromatic N) is 1. The van der Waals surface area contributed by atoms with Crippen molar-refractivity contribution in [1.82, 2.24) is 0 Å². The molecule has 0 unspecified atom stereocenters. The third-order valence-electron chi connectivity index (χ3n) is 2.25. The Balaban J connectivity index is 2.16. The Morgan fingerprint density at radius 2 is 2.05 bits per heavy atom. The highest BCUT2D eigenvalue weighted by atomic mass is 32.2. The number of para-hydroxylation sites is 1. The van der Waals surface area contributed by atoms with Gasteiger partial charge in [-0.15, -0.1) is 0 Å². The summed E-state index contributed by atoms with van der Waals surface area (Å²) in [5, 5.41) is 8.72. The van der Waals surface area contributed by atoms with Crippen LogP contribution in [0.4, 0.5) is 4.39 Å². The summed E-state index contributed by atoms with van der Waals surface area (Å²) >= 11 is 0. The van der Waals surface area contributed by atoms with Crippen LogP contribution in [-0.2, 0) is 14.6 Å². The van der Waals surface area contributed by atoms with Crippen LogP contribution in [0.1, 0.15) is 0 Å². The molecule has 0 aliphatic carbocycles. The lowest BCUT2D eigenvalue weighted by Crippen LogP contribution is -2.18. The zero-order valence-electron chi connectivity index (χ0n) is 9.41. The molecule has 2 rings (SSSR count). The lowest BCUT2D eigenvalue weighted by molar-refractivity contribution is -0.132. The number of sulfone groups is 1. The maximum Gasteiger partial charge on any atom is 0.355 e. The van der Waals surface area contributed by atoms with Gasteiger partial charge in [0.25, 0.3) is 0 Å². The largest absolute Gasteiger partial charge is 0.483 e. The van der Waals surface area contributed by atoms with Crippen LogP contribution in [0.3, 0.4) is 0 Å². The van der Waals surface area contributed by atoms with Crippen molar-refractivity contribution in [2.75, 3.05) is 6.61 Å². The Hall–Kier alpha value is -2.22. The van der Waals surface area contributed by atoms with Crippen LogP contribution in [-0.4, -0.2) is 31.1 Å². The van der Waals surface area contributed by atoms with Crippen LogP contribution in [0.25, 0.3) is 0 Å². The van der Waals surface area contributed by atoms with Crippen LogP contribution >= 0.6 is 0 Å². The van der Waals surface area contributed by atoms with Crippen molar-refractivity contribution in [3.63, 3.8) is 0 Å². The number of ether oxygens (including phenoxy) is 1. The van der Waals surface area contributed by atoms with Gasteiger partial charge in [-0.25, -0.2) is 22.6 Å². The molecule has 1 aliphatic heterocycles. The molecule has 8 heteroatoms. The molecule has 0 amide bonds. The van der Waals surface area contributed by atoms with E-state index in [-0.39, 0.29) is 5.75 Å². The molecule has 1 aromatic carbocycles. The molecule has 0 bridgehead atoms. The number of hydrogen-bond acceptors (Lipinski definition) is 5. The molecular weight excluding hydrogens is 277 g/mol. The summed E-state index contributed by atoms with van der Waals surface area (Å²) in [5.74, 6) is -2.24. The first-order valence-electron chi connectivity index (χ1n) is 5.05. The maximum atomic E-state index is 13.2. The third kappa shape index (κ3) is 2.79. The fraction of sp³-hybridized carbons (Fsp3) is 0.0909. The van der Waals surface area contributed by atoms with Gasteiger partial charge in [-0.1, -0.05) is 12.1 Å². The van der Waals surface area contributed by atoms with Gasteiger partial charge in [0.15, 0.2) is 22.3 Å². The number of carboxylic acid groups (broad SMARTS) is 1. The van der Waals surface area contributed by atoms with Crippen LogP contribution in [0.15, 0.2) is 40.4 Å². The number of carbonyl (C=O) groups is 1. The predicted octanol–water partition coefficient (Wildman–Crippen LogP) is 0.957. The van der Waals surface area contributed by atoms with E-state index in [1.165, 1.54) is 18.2 Å². The van der Waals surface area contributed by atoms with Gasteiger partial charge in [-0.2, -0.15) is 0 Å². The molecule has 0 saturated heterocycles. The van der Waals surface area contributed by atoms with E-state index in [1.54, 1.807) is 0 Å². The van der Waals surface area contributed by atoms with Gasteiger partial charge in [0, 0.05) is 0 Å². The van der Waals surface area contributed by atoms with E-state index in [1.807, 2.05) is 0 Å². The highest BCUT2D eigenvalue weighted by molar-refractivity contribution is 8.09. The Bertz CT molecular complexity index is 693. The van der Waals surface area contributed by atoms with Crippen molar-refractivity contribution in [1.29, 1.82) is 0 Å². The summed E-state index contributed by atoms with van der Waals surface area (Å²) < 4.78 is 41.3. The van der Waals surface area contributed by atoms with Crippen molar-refractivity contribution < 1.29 is 27.4 Å². The Labute approximate surface area is 107 Å². The van der Waals surface area contributed by atoms with Gasteiger partial charge < -0.3 is 9.84 Å². The normalized spacial score (nSPS) is 16.7. The number of benzene rings is 1. The number of aliphatic carboxylic acids is 1. The zero-order chi connectivity index (χ0) is 14.0. The van der Waals surface area contributed by atoms with Gasteiger partial charge in [-0.05, 0) is 12.1 Å². The molecule has 0 atom stereocenters. The Morgan fingerprint density at radius 1 is 1.37 bits per heavy atom. The van der Waals surface area contributed by atoms with Crippen LogP contribution in [0.5, 0.6) is 5.75 Å². The summed E-state index contributed by atoms with van der Waals surface area (Å²) in [6.07, 6.45) is 0. The Kier molecular flexibility index (Phi) is 3.34. The SMILES string of the molecule is O=C(O)C1=CS(=O)(=O)C(COc2ccccc2F)=N1. The molecule has 1 aromatic rings. The smallest absolute Gasteiger partial charge is 0.355 e. The van der Waals surface area contributed by atoms with Gasteiger partial charge in [0.2, 0.25) is 9.84 Å². The summed E-state index contributed by atoms with van der Waals surface area (Å²) in [6.45, 7) is -0.531. The molecule has 0 saturated carbocycles. The number of halogens is 1. The second kappa shape index (κ2) is 4.81. The van der Waals surface area contributed by atoms with Crippen LogP contribution in [0.2, 0.25) is 0 Å². The highest BCUT2D eigenvalue weighted by Gasteiger charge is 2.28. The summed E-state index contributed by atoms with van der Waals surface area (Å²) in [5.41, 5.74) is -0.591. The molecular formula is C11H8FNO5S. The molecule has 6 nitrogen and oxygen atoms in total. The molecule has 0 aromatic heterocycles. The van der Waals surface area contributed by atoms with E-state index >= 15 is 0 Å². The monoisotopic (exact) mass is 285 g/mol. The zero-order valence-corrected chi connectivity index (χ0v) is 10.2. The van der Waals surface area contributed by atoms with Crippen molar-refractivity contribution in [2.45, 2.75) is 0 Å². The van der Waals surface area contributed by atoms with E-state index in [0.717, 1.165) is 6.07 Å². The summed E-state index contributed by atoms with van der Waals surface area (Å²) in [6, 6.07) is 5.45. The fourth-order valence-corrected chi connectivity index (χ4v) is 2.39. The first-order valence-corrected chi connectivity index (χ1v) is 6.60. The van der Waals surface area contributed by atoms with Crippen molar-refractivity contribution in [3.8, 4) is 5.75 Å². The standard InChI is InChI=1S/C11H8FNO5S/c12-7-3-1-2-4-9(7)18-5-10-13-8(11(14)15)6-19(10,16)17/h1-4,6H,5H2,(H,14,15). The quantitative estimate of drug-likeness (QED) is 0.889.